The van der Waals surface area contributed by atoms with Gasteiger partial charge in [-0.3, -0.25) is 4.79 Å². The highest BCUT2D eigenvalue weighted by atomic mass is 19.1. The van der Waals surface area contributed by atoms with Gasteiger partial charge in [0.1, 0.15) is 11.6 Å². The molecule has 2 aliphatic heterocycles. The number of ether oxygens (including phenoxy) is 3. The molecule has 51 heavy (non-hydrogen) atoms. The lowest BCUT2D eigenvalue weighted by Crippen LogP contribution is -2.59. The van der Waals surface area contributed by atoms with Crippen molar-refractivity contribution in [3.63, 3.8) is 0 Å². The number of carbonyl (C=O) groups is 1. The maximum Gasteiger partial charge on any atom is 0.223 e. The summed E-state index contributed by atoms with van der Waals surface area (Å²) in [5, 5.41) is 3.46. The van der Waals surface area contributed by atoms with Crippen molar-refractivity contribution in [2.45, 2.75) is 143 Å². The van der Waals surface area contributed by atoms with E-state index in [0.717, 1.165) is 31.2 Å². The number of carbonyl (C=O) groups excluding carboxylic acids is 1. The first-order chi connectivity index (χ1) is 24.3. The molecule has 6 saturated carbocycles. The molecule has 8 heteroatoms. The van der Waals surface area contributed by atoms with Gasteiger partial charge in [0, 0.05) is 32.1 Å². The average molecular weight is 709 g/mol. The van der Waals surface area contributed by atoms with Crippen LogP contribution in [0.2, 0.25) is 0 Å². The van der Waals surface area contributed by atoms with E-state index in [2.05, 4.69) is 39.9 Å². The van der Waals surface area contributed by atoms with Crippen molar-refractivity contribution in [3.05, 3.63) is 35.4 Å². The minimum atomic E-state index is -0.528. The van der Waals surface area contributed by atoms with Gasteiger partial charge < -0.3 is 24.4 Å². The lowest BCUT2D eigenvalue weighted by Gasteiger charge is -2.63. The number of nitrogens with zero attached hydrogens (tertiary/aromatic N) is 1. The SMILES string of the molecule is C[C@@H]1CC(CNCc2cc(F)cc(F)c2)OC2C[C@@]3(C)[C@@H]4CCC5C(C)(C)C(OC6CN(C(=O)CC7CC7)CCO6)CC[C@@]56C[C@@]46CC[C@]3(C)C21. The molecule has 8 fully saturated rings. The van der Waals surface area contributed by atoms with E-state index in [0.29, 0.717) is 79.3 Å². The lowest BCUT2D eigenvalue weighted by molar-refractivity contribution is -0.246. The first-order valence-electron chi connectivity index (χ1n) is 20.6. The fourth-order valence-electron chi connectivity index (χ4n) is 14.7. The van der Waals surface area contributed by atoms with Crippen molar-refractivity contribution in [2.75, 3.05) is 26.2 Å². The summed E-state index contributed by atoms with van der Waals surface area (Å²) in [6, 6.07) is 3.75. The normalized spacial score (nSPS) is 46.7. The smallest absolute Gasteiger partial charge is 0.223 e. The zero-order valence-electron chi connectivity index (χ0n) is 31.8. The molecule has 0 aromatic heterocycles. The van der Waals surface area contributed by atoms with Gasteiger partial charge >= 0.3 is 0 Å². The zero-order valence-corrected chi connectivity index (χ0v) is 31.8. The Bertz CT molecular complexity index is 1510. The molecule has 282 valence electrons. The maximum absolute atomic E-state index is 13.8. The zero-order chi connectivity index (χ0) is 35.6. The summed E-state index contributed by atoms with van der Waals surface area (Å²) in [5.74, 6) is 2.39. The second-order valence-corrected chi connectivity index (χ2v) is 19.9. The molecule has 1 amide bonds. The lowest BCUT2D eigenvalue weighted by atomic mass is 9.41. The number of nitrogens with one attached hydrogen (secondary N) is 1. The topological polar surface area (TPSA) is 60.0 Å². The number of hydrogen-bond donors (Lipinski definition) is 1. The highest BCUT2D eigenvalue weighted by molar-refractivity contribution is 5.76. The molecule has 1 N–H and O–H groups in total. The molecule has 6 aliphatic carbocycles. The molecule has 2 saturated heterocycles. The van der Waals surface area contributed by atoms with E-state index in [1.165, 1.54) is 63.5 Å². The van der Waals surface area contributed by atoms with E-state index in [-0.39, 0.29) is 46.8 Å². The summed E-state index contributed by atoms with van der Waals surface area (Å²) in [6.07, 6.45) is 14.5. The van der Waals surface area contributed by atoms with Gasteiger partial charge in [-0.05, 0) is 145 Å². The number of amides is 1. The van der Waals surface area contributed by atoms with Crippen LogP contribution in [0.4, 0.5) is 8.78 Å². The number of fused-ring (bicyclic) bond motifs is 4. The van der Waals surface area contributed by atoms with Gasteiger partial charge in [-0.1, -0.05) is 34.6 Å². The molecule has 1 aromatic carbocycles. The van der Waals surface area contributed by atoms with Gasteiger partial charge in [0.05, 0.1) is 31.5 Å². The molecule has 0 bridgehead atoms. The van der Waals surface area contributed by atoms with Gasteiger partial charge in [0.25, 0.3) is 0 Å². The molecule has 2 heterocycles. The number of halogens is 2. The van der Waals surface area contributed by atoms with Gasteiger partial charge in [0.2, 0.25) is 5.91 Å². The largest absolute Gasteiger partial charge is 0.373 e. The van der Waals surface area contributed by atoms with Crippen LogP contribution in [-0.2, 0) is 25.5 Å². The highest BCUT2D eigenvalue weighted by Gasteiger charge is 2.83. The van der Waals surface area contributed by atoms with Crippen molar-refractivity contribution in [3.8, 4) is 0 Å². The monoisotopic (exact) mass is 708 g/mol. The minimum Gasteiger partial charge on any atom is -0.373 e. The fourth-order valence-corrected chi connectivity index (χ4v) is 14.7. The molecule has 12 atom stereocenters. The van der Waals surface area contributed by atoms with Crippen molar-refractivity contribution in [2.24, 2.45) is 56.7 Å². The third-order valence-corrected chi connectivity index (χ3v) is 17.2. The standard InChI is InChI=1S/C43H62F2N2O4/c1-26-16-31(23-46-22-28-17-29(44)20-30(45)18-28)50-32-21-41(5)34-9-8-33-39(2,3)35(51-37-24-47(14-15-49-37)36(48)19-27-6-7-27)10-11-42(33)25-43(34,42)13-12-40(41,4)38(26)32/h17-18,20,26-27,31-35,37-38,46H,6-16,19,21-25H2,1-5H3/t26-,31?,32?,33?,34+,35?,37?,38?,40-,41+,42-,43+/m1/s1. The minimum absolute atomic E-state index is 0.0663. The first kappa shape index (κ1) is 35.1. The Balaban J connectivity index is 0.868. The molecule has 1 aromatic rings. The van der Waals surface area contributed by atoms with Crippen molar-refractivity contribution in [1.82, 2.24) is 10.2 Å². The number of benzene rings is 1. The third kappa shape index (κ3) is 5.44. The van der Waals surface area contributed by atoms with E-state index in [1.54, 1.807) is 0 Å². The predicted molar refractivity (Wildman–Crippen MR) is 191 cm³/mol. The van der Waals surface area contributed by atoms with Crippen LogP contribution in [0, 0.1) is 68.3 Å². The molecule has 2 spiro atoms. The van der Waals surface area contributed by atoms with Crippen molar-refractivity contribution >= 4 is 5.91 Å². The van der Waals surface area contributed by atoms with Crippen LogP contribution in [0.25, 0.3) is 0 Å². The number of rotatable bonds is 8. The Hall–Kier alpha value is -1.61. The quantitative estimate of drug-likeness (QED) is 0.295. The predicted octanol–water partition coefficient (Wildman–Crippen LogP) is 8.27. The average Bonchev–Trinajstić information content (AvgIpc) is 3.98. The molecular weight excluding hydrogens is 646 g/mol. The fraction of sp³-hybridized carbons (Fsp3) is 0.837. The second kappa shape index (κ2) is 12.2. The van der Waals surface area contributed by atoms with E-state index < -0.39 is 11.6 Å². The van der Waals surface area contributed by atoms with Crippen LogP contribution >= 0.6 is 0 Å². The maximum atomic E-state index is 13.8. The summed E-state index contributed by atoms with van der Waals surface area (Å²) in [5.41, 5.74) is 2.10. The first-order valence-corrected chi connectivity index (χ1v) is 20.6. The van der Waals surface area contributed by atoms with Crippen LogP contribution in [0.3, 0.4) is 0 Å². The van der Waals surface area contributed by atoms with Crippen LogP contribution in [-0.4, -0.2) is 61.7 Å². The van der Waals surface area contributed by atoms with Gasteiger partial charge in [0.15, 0.2) is 6.29 Å². The second-order valence-electron chi connectivity index (χ2n) is 19.9. The third-order valence-electron chi connectivity index (χ3n) is 17.2. The molecule has 6 unspecified atom stereocenters. The van der Waals surface area contributed by atoms with Crippen LogP contribution in [0.15, 0.2) is 18.2 Å². The summed E-state index contributed by atoms with van der Waals surface area (Å²) in [4.78, 5) is 14.9. The van der Waals surface area contributed by atoms with Crippen LogP contribution in [0.5, 0.6) is 0 Å². The van der Waals surface area contributed by atoms with Crippen LogP contribution < -0.4 is 5.32 Å². The Morgan fingerprint density at radius 3 is 2.47 bits per heavy atom. The Labute approximate surface area is 304 Å². The molecule has 0 radical (unpaired) electrons. The summed E-state index contributed by atoms with van der Waals surface area (Å²) in [6.45, 7) is 15.7. The number of morpholine rings is 1. The van der Waals surface area contributed by atoms with E-state index >= 15 is 0 Å². The number of hydrogen-bond acceptors (Lipinski definition) is 5. The van der Waals surface area contributed by atoms with Crippen molar-refractivity contribution < 1.29 is 27.8 Å². The Kier molecular flexibility index (Phi) is 8.40. The van der Waals surface area contributed by atoms with Gasteiger partial charge in [-0.15, -0.1) is 0 Å². The van der Waals surface area contributed by atoms with Crippen molar-refractivity contribution in [1.29, 1.82) is 0 Å². The van der Waals surface area contributed by atoms with E-state index in [9.17, 15) is 13.6 Å². The molecule has 6 nitrogen and oxygen atoms in total. The molecule has 8 aliphatic rings. The highest BCUT2D eigenvalue weighted by Crippen LogP contribution is 2.89. The summed E-state index contributed by atoms with van der Waals surface area (Å²) >= 11 is 0. The van der Waals surface area contributed by atoms with Gasteiger partial charge in [-0.25, -0.2) is 8.78 Å². The van der Waals surface area contributed by atoms with Gasteiger partial charge in [-0.2, -0.15) is 0 Å². The molecular formula is C43H62F2N2O4. The Morgan fingerprint density at radius 1 is 0.961 bits per heavy atom. The molecule has 9 rings (SSSR count). The summed E-state index contributed by atoms with van der Waals surface area (Å²) in [7, 11) is 0. The van der Waals surface area contributed by atoms with E-state index in [1.807, 2.05) is 4.90 Å². The summed E-state index contributed by atoms with van der Waals surface area (Å²) < 4.78 is 47.6. The van der Waals surface area contributed by atoms with Crippen LogP contribution in [0.1, 0.15) is 117 Å². The Morgan fingerprint density at radius 2 is 1.71 bits per heavy atom. The van der Waals surface area contributed by atoms with E-state index in [4.69, 9.17) is 14.2 Å².